The zero-order chi connectivity index (χ0) is 50.3. The number of unbranched alkanes of at least 4 members (excludes halogenated alkanes) is 15. The number of H-pyrrole nitrogens is 2. The van der Waals surface area contributed by atoms with Crippen LogP contribution in [0.25, 0.3) is 22.3 Å². The molecule has 0 aromatic carbocycles. The largest absolute Gasteiger partial charge is 0.508 e. The second-order valence-corrected chi connectivity index (χ2v) is 22.1. The van der Waals surface area contributed by atoms with Crippen LogP contribution in [0.2, 0.25) is 0 Å². The van der Waals surface area contributed by atoms with Gasteiger partial charge in [-0.05, 0) is 19.3 Å². The van der Waals surface area contributed by atoms with E-state index in [1.165, 1.54) is 81.4 Å². The van der Waals surface area contributed by atoms with Crippen molar-refractivity contribution in [3.8, 4) is 0 Å². The molecule has 2 aliphatic heterocycles. The summed E-state index contributed by atoms with van der Waals surface area (Å²) in [6, 6.07) is 0. The molecule has 28 heteroatoms. The van der Waals surface area contributed by atoms with Crippen molar-refractivity contribution in [1.29, 1.82) is 0 Å². The third kappa shape index (κ3) is 16.0. The van der Waals surface area contributed by atoms with Crippen LogP contribution in [0.5, 0.6) is 0 Å². The highest BCUT2D eigenvalue weighted by Crippen LogP contribution is 2.52. The molecule has 70 heavy (non-hydrogen) atoms. The van der Waals surface area contributed by atoms with E-state index >= 15 is 0 Å². The second-order valence-electron chi connectivity index (χ2n) is 17.1. The number of rotatable bonds is 32. The summed E-state index contributed by atoms with van der Waals surface area (Å²) in [7, 11) is -4.72. The van der Waals surface area contributed by atoms with Crippen molar-refractivity contribution in [3.05, 3.63) is 45.0 Å². The Morgan fingerprint density at radius 1 is 0.800 bits per heavy atom. The van der Waals surface area contributed by atoms with E-state index in [0.29, 0.717) is 37.0 Å². The fraction of sp³-hybridized carbons (Fsp3) is 0.643. The molecule has 6 rings (SSSR count). The molecule has 388 valence electrons. The van der Waals surface area contributed by atoms with Gasteiger partial charge in [-0.25, -0.2) is 24.5 Å². The lowest BCUT2D eigenvalue weighted by molar-refractivity contribution is -0.121. The highest BCUT2D eigenvalue weighted by atomic mass is 32.5. The van der Waals surface area contributed by atoms with Crippen LogP contribution in [0.3, 0.4) is 0 Å². The summed E-state index contributed by atoms with van der Waals surface area (Å²) in [5, 5.41) is 25.3. The van der Waals surface area contributed by atoms with Crippen LogP contribution in [0.15, 0.2) is 35.7 Å². The van der Waals surface area contributed by atoms with Crippen molar-refractivity contribution >= 4 is 90.9 Å². The minimum atomic E-state index is -4.72. The van der Waals surface area contributed by atoms with E-state index in [4.69, 9.17) is 75.3 Å². The Labute approximate surface area is 420 Å². The van der Waals surface area contributed by atoms with Crippen molar-refractivity contribution in [2.24, 2.45) is 0 Å². The van der Waals surface area contributed by atoms with Crippen LogP contribution in [-0.2, 0) is 48.7 Å². The number of anilines is 2. The number of nitrogens with zero attached hydrogens (tertiary/aromatic N) is 6. The number of aliphatic hydroxyl groups excluding tert-OH is 2. The Balaban J connectivity index is 0.941. The van der Waals surface area contributed by atoms with Gasteiger partial charge in [-0.3, -0.25) is 27.5 Å². The van der Waals surface area contributed by atoms with Gasteiger partial charge in [0.05, 0.1) is 13.0 Å². The standard InChI is InChI=1S/C42H65N11O12P2S3/c1-2-3-4-5-6-7-8-9-10-11-12-13-16-19-30(55)45-20-17-14-15-18-21-60-66(57,58)61-24-29-35(34(56)40(64-29)53-26-47-33-37(53)49-42(44)51-39(33)69)65-67(59,70)62-23-28-27(54)22-31(63-28)52-25-46-32-36(52)48-41(43)50-38(32)68/h25-26,31,34,40,54,56H,2-24H2,1H3,(H,45,55)(H,57,58)(H,59,70)(H3,43,48,50,68)(H3,44,49,51,69)/t31-,34?,40-,67?/m1/s1. The van der Waals surface area contributed by atoms with Gasteiger partial charge in [-0.15, -0.1) is 0 Å². The topological polar surface area (TPSA) is 328 Å². The lowest BCUT2D eigenvalue weighted by atomic mass is 10.0. The first-order valence-corrected chi connectivity index (χ1v) is 28.6. The van der Waals surface area contributed by atoms with Gasteiger partial charge in [0.15, 0.2) is 50.8 Å². The Morgan fingerprint density at radius 3 is 1.97 bits per heavy atom. The van der Waals surface area contributed by atoms with Crippen molar-refractivity contribution in [2.75, 3.05) is 37.8 Å². The number of fused-ring (bicyclic) bond motifs is 2. The maximum Gasteiger partial charge on any atom is 0.472 e. The van der Waals surface area contributed by atoms with Crippen molar-refractivity contribution in [2.45, 2.75) is 147 Å². The number of phosphoric ester groups is 1. The number of carbonyl (C=O) groups excluding carboxylic acids is 1. The monoisotopic (exact) mass is 1070 g/mol. The molecule has 0 spiro atoms. The predicted octanol–water partition coefficient (Wildman–Crippen LogP) is 8.49. The number of imidazole rings is 2. The molecule has 4 aromatic heterocycles. The number of aromatic nitrogens is 8. The Bertz CT molecular complexity index is 2680. The molecular weight excluding hydrogens is 1010 g/mol. The van der Waals surface area contributed by atoms with Gasteiger partial charge in [0.25, 0.3) is 0 Å². The average Bonchev–Trinajstić information content (AvgIpc) is 4.09. The minimum absolute atomic E-state index is 0.0342. The molecule has 0 saturated carbocycles. The van der Waals surface area contributed by atoms with Crippen molar-refractivity contribution < 1.29 is 56.9 Å². The molecular formula is C42H65N11O12P2S3. The highest BCUT2D eigenvalue weighted by molar-refractivity contribution is 8.07. The first kappa shape index (κ1) is 55.2. The quantitative estimate of drug-likeness (QED) is 0.0126. The maximum atomic E-state index is 13.0. The molecule has 0 bridgehead atoms. The zero-order valence-electron chi connectivity index (χ0n) is 39.2. The third-order valence-corrected chi connectivity index (χ3v) is 14.6. The number of nitrogen functional groups attached to an aromatic ring is 2. The molecule has 6 heterocycles. The van der Waals surface area contributed by atoms with Gasteiger partial charge in [-0.2, -0.15) is 0 Å². The molecule has 0 saturated heterocycles. The van der Waals surface area contributed by atoms with E-state index in [0.717, 1.165) is 32.1 Å². The molecule has 0 fully saturated rings. The van der Waals surface area contributed by atoms with Crippen molar-refractivity contribution in [3.63, 3.8) is 0 Å². The summed E-state index contributed by atoms with van der Waals surface area (Å²) in [4.78, 5) is 56.3. The number of amides is 1. The first-order chi connectivity index (χ1) is 33.6. The molecule has 1 amide bonds. The van der Waals surface area contributed by atoms with Gasteiger partial charge in [0.1, 0.15) is 54.0 Å². The summed E-state index contributed by atoms with van der Waals surface area (Å²) < 4.78 is 49.7. The zero-order valence-corrected chi connectivity index (χ0v) is 43.4. The van der Waals surface area contributed by atoms with E-state index in [2.05, 4.69) is 42.1 Å². The number of nitrogens with two attached hydrogens (primary N) is 2. The lowest BCUT2D eigenvalue weighted by Gasteiger charge is -2.21. The molecule has 11 N–H and O–H groups in total. The summed E-state index contributed by atoms with van der Waals surface area (Å²) in [6.07, 6.45) is 18.1. The Hall–Kier alpha value is -4.07. The molecule has 0 aliphatic carbocycles. The van der Waals surface area contributed by atoms with Crippen LogP contribution in [0.4, 0.5) is 11.9 Å². The second kappa shape index (κ2) is 26.6. The van der Waals surface area contributed by atoms with Crippen LogP contribution < -0.4 is 16.8 Å². The number of aliphatic hydroxyl groups is 2. The number of ether oxygens (including phenoxy) is 2. The van der Waals surface area contributed by atoms with E-state index in [1.807, 2.05) is 0 Å². The van der Waals surface area contributed by atoms with Crippen LogP contribution in [0.1, 0.15) is 141 Å². The van der Waals surface area contributed by atoms with Crippen LogP contribution in [-0.4, -0.2) is 97.4 Å². The van der Waals surface area contributed by atoms with Crippen LogP contribution >= 0.6 is 39.0 Å². The normalized spacial score (nSPS) is 18.9. The molecule has 0 radical (unpaired) electrons. The molecule has 3 unspecified atom stereocenters. The number of hydrogen-bond acceptors (Lipinski definition) is 19. The maximum absolute atomic E-state index is 13.0. The summed E-state index contributed by atoms with van der Waals surface area (Å²) in [5.74, 6) is -1.12. The van der Waals surface area contributed by atoms with E-state index in [9.17, 15) is 29.4 Å². The number of hydrogen-bond donors (Lipinski definition) is 9. The predicted molar refractivity (Wildman–Crippen MR) is 269 cm³/mol. The summed E-state index contributed by atoms with van der Waals surface area (Å²) in [5.41, 5.74) is 12.9. The minimum Gasteiger partial charge on any atom is -0.508 e. The number of carbonyl (C=O) groups is 1. The fourth-order valence-electron chi connectivity index (χ4n) is 7.97. The Morgan fingerprint density at radius 2 is 1.34 bits per heavy atom. The smallest absolute Gasteiger partial charge is 0.472 e. The van der Waals surface area contributed by atoms with Gasteiger partial charge in [0.2, 0.25) is 12.1 Å². The van der Waals surface area contributed by atoms with Gasteiger partial charge in [-0.1, -0.05) is 121 Å². The van der Waals surface area contributed by atoms with Crippen molar-refractivity contribution in [1.82, 2.24) is 44.4 Å². The highest BCUT2D eigenvalue weighted by Gasteiger charge is 2.43. The third-order valence-electron chi connectivity index (χ3n) is 11.6. The van der Waals surface area contributed by atoms with Gasteiger partial charge in [0, 0.05) is 24.8 Å². The van der Waals surface area contributed by atoms with Gasteiger partial charge < -0.3 is 60.7 Å². The van der Waals surface area contributed by atoms with Gasteiger partial charge >= 0.3 is 14.5 Å². The summed E-state index contributed by atoms with van der Waals surface area (Å²) >= 11 is 15.8. The molecule has 2 aliphatic rings. The Kier molecular flexibility index (Phi) is 21.0. The average molecular weight is 1070 g/mol. The summed E-state index contributed by atoms with van der Waals surface area (Å²) in [6.45, 7) is -3.09. The molecule has 23 nitrogen and oxygen atoms in total. The fourth-order valence-corrected chi connectivity index (χ4v) is 10.4. The molecule has 4 aromatic rings. The SMILES string of the molecule is CCCCCCCCCCCCCCCC(=O)NCCCCCCOP(=O)(O)OCC1=C(OP(O)(=S)OCC2=C(O)C[C@H](n3cnc4c(=S)nc(N)[nH]c43)O2)C(O)[C@H](n2cnc3c(=S)nc(N)[nH]c32)O1. The molecule has 5 atom stereocenters. The van der Waals surface area contributed by atoms with E-state index in [1.54, 1.807) is 4.57 Å². The number of nitrogens with one attached hydrogen (secondary N) is 3. The van der Waals surface area contributed by atoms with E-state index < -0.39 is 52.1 Å². The van der Waals surface area contributed by atoms with Crippen LogP contribution in [0, 0.1) is 9.28 Å². The lowest BCUT2D eigenvalue weighted by Crippen LogP contribution is -2.23. The van der Waals surface area contributed by atoms with E-state index in [-0.39, 0.29) is 68.6 Å². The number of aromatic amines is 2. The first-order valence-electron chi connectivity index (χ1n) is 23.7. The number of phosphoric acid groups is 1.